The van der Waals surface area contributed by atoms with Crippen molar-refractivity contribution < 1.29 is 8.42 Å². The van der Waals surface area contributed by atoms with Gasteiger partial charge in [-0.05, 0) is 49.9 Å². The average molecular weight is 376 g/mol. The van der Waals surface area contributed by atoms with Gasteiger partial charge >= 0.3 is 0 Å². The third-order valence-corrected chi connectivity index (χ3v) is 6.84. The highest BCUT2D eigenvalue weighted by Gasteiger charge is 2.23. The van der Waals surface area contributed by atoms with Crippen LogP contribution in [0.15, 0.2) is 40.4 Å². The molecule has 0 bridgehead atoms. The van der Waals surface area contributed by atoms with Gasteiger partial charge in [-0.25, -0.2) is 8.42 Å². The van der Waals surface area contributed by atoms with Crippen molar-refractivity contribution >= 4 is 9.84 Å². The molecule has 0 unspecified atom stereocenters. The molecule has 1 aromatic heterocycles. The molecule has 2 rings (SSSR count). The first-order chi connectivity index (χ1) is 12.5. The largest absolute Gasteiger partial charge is 0.352 e. The fourth-order valence-corrected chi connectivity index (χ4v) is 4.88. The van der Waals surface area contributed by atoms with E-state index < -0.39 is 9.84 Å². The van der Waals surface area contributed by atoms with Gasteiger partial charge in [0.1, 0.15) is 5.03 Å². The highest BCUT2D eigenvalue weighted by molar-refractivity contribution is 7.91. The number of unbranched alkanes of at least 4 members (excludes halogenated alkanes) is 7. The van der Waals surface area contributed by atoms with Gasteiger partial charge in [0, 0.05) is 6.20 Å². The van der Waals surface area contributed by atoms with E-state index in [0.717, 1.165) is 29.5 Å². The van der Waals surface area contributed by atoms with Crippen LogP contribution >= 0.6 is 0 Å². The van der Waals surface area contributed by atoms with E-state index in [2.05, 4.69) is 11.9 Å². The van der Waals surface area contributed by atoms with Gasteiger partial charge in [0.05, 0.1) is 4.90 Å². The van der Waals surface area contributed by atoms with Crippen molar-refractivity contribution in [2.24, 2.45) is 0 Å². The molecule has 0 saturated heterocycles. The predicted molar refractivity (Wildman–Crippen MR) is 108 cm³/mol. The van der Waals surface area contributed by atoms with Gasteiger partial charge in [0.2, 0.25) is 9.84 Å². The van der Waals surface area contributed by atoms with Crippen molar-refractivity contribution in [3.05, 3.63) is 47.2 Å². The zero-order chi connectivity index (χ0) is 19.0. The molecular formula is C22H33NO2S. The van der Waals surface area contributed by atoms with E-state index in [-0.39, 0.29) is 0 Å². The Morgan fingerprint density at radius 2 is 1.42 bits per heavy atom. The molecule has 0 aliphatic carbocycles. The molecule has 26 heavy (non-hydrogen) atoms. The van der Waals surface area contributed by atoms with Crippen molar-refractivity contribution in [3.8, 4) is 0 Å². The average Bonchev–Trinajstić information content (AvgIpc) is 2.99. The number of rotatable bonds is 11. The summed E-state index contributed by atoms with van der Waals surface area (Å²) in [4.78, 5) is 3.38. The Kier molecular flexibility index (Phi) is 7.95. The van der Waals surface area contributed by atoms with Crippen molar-refractivity contribution in [1.29, 1.82) is 0 Å². The fourth-order valence-electron chi connectivity index (χ4n) is 3.35. The molecule has 1 N–H and O–H groups in total. The number of aromatic amines is 1. The first kappa shape index (κ1) is 20.8. The summed E-state index contributed by atoms with van der Waals surface area (Å²) in [5.41, 5.74) is 3.06. The molecule has 1 aromatic carbocycles. The second-order valence-electron chi connectivity index (χ2n) is 7.32. The molecular weight excluding hydrogens is 342 g/mol. The number of H-pyrrole nitrogens is 1. The minimum atomic E-state index is -3.48. The highest BCUT2D eigenvalue weighted by atomic mass is 32.2. The number of aromatic nitrogens is 1. The van der Waals surface area contributed by atoms with Gasteiger partial charge in [-0.3, -0.25) is 0 Å². The molecule has 0 spiro atoms. The Morgan fingerprint density at radius 1 is 0.846 bits per heavy atom. The van der Waals surface area contributed by atoms with Crippen LogP contribution in [0.25, 0.3) is 0 Å². The summed E-state index contributed by atoms with van der Waals surface area (Å²) in [5, 5.41) is 0.377. The first-order valence-corrected chi connectivity index (χ1v) is 11.4. The van der Waals surface area contributed by atoms with Crippen LogP contribution < -0.4 is 0 Å². The van der Waals surface area contributed by atoms with E-state index in [1.807, 2.05) is 32.2 Å². The molecule has 0 aliphatic rings. The van der Waals surface area contributed by atoms with Crippen molar-refractivity contribution in [1.82, 2.24) is 4.98 Å². The topological polar surface area (TPSA) is 49.9 Å². The highest BCUT2D eigenvalue weighted by Crippen LogP contribution is 2.27. The van der Waals surface area contributed by atoms with Gasteiger partial charge in [0.25, 0.3) is 0 Å². The number of hydrogen-bond acceptors (Lipinski definition) is 2. The van der Waals surface area contributed by atoms with Crippen LogP contribution in [0, 0.1) is 13.8 Å². The Morgan fingerprint density at radius 3 is 2.04 bits per heavy atom. The predicted octanol–water partition coefficient (Wildman–Crippen LogP) is 6.15. The van der Waals surface area contributed by atoms with Crippen LogP contribution in [0.1, 0.15) is 75.0 Å². The van der Waals surface area contributed by atoms with E-state index >= 15 is 0 Å². The molecule has 0 atom stereocenters. The molecule has 0 radical (unpaired) electrons. The quantitative estimate of drug-likeness (QED) is 0.479. The Bertz CT molecular complexity index is 773. The summed E-state index contributed by atoms with van der Waals surface area (Å²) < 4.78 is 26.0. The normalized spacial score (nSPS) is 11.8. The molecule has 0 amide bonds. The van der Waals surface area contributed by atoms with Crippen molar-refractivity contribution in [2.45, 2.75) is 88.5 Å². The van der Waals surface area contributed by atoms with E-state index in [1.54, 1.807) is 12.1 Å². The lowest BCUT2D eigenvalue weighted by Gasteiger charge is -2.08. The second-order valence-corrected chi connectivity index (χ2v) is 9.21. The van der Waals surface area contributed by atoms with Gasteiger partial charge in [-0.1, -0.05) is 69.6 Å². The van der Waals surface area contributed by atoms with Gasteiger partial charge in [-0.15, -0.1) is 0 Å². The number of hydrogen-bond donors (Lipinski definition) is 1. The van der Waals surface area contributed by atoms with E-state index in [4.69, 9.17) is 0 Å². The lowest BCUT2D eigenvalue weighted by molar-refractivity contribution is 0.572. The Labute approximate surface area is 159 Å². The van der Waals surface area contributed by atoms with E-state index in [1.165, 1.54) is 44.9 Å². The zero-order valence-corrected chi connectivity index (χ0v) is 17.3. The van der Waals surface area contributed by atoms with Crippen molar-refractivity contribution in [2.75, 3.05) is 0 Å². The monoisotopic (exact) mass is 375 g/mol. The fraction of sp³-hybridized carbons (Fsp3) is 0.545. The summed E-state index contributed by atoms with van der Waals surface area (Å²) in [5.74, 6) is 0. The maximum atomic E-state index is 13.0. The summed E-state index contributed by atoms with van der Waals surface area (Å²) in [7, 11) is -3.48. The van der Waals surface area contributed by atoms with E-state index in [9.17, 15) is 8.42 Å². The standard InChI is InChI=1S/C22H33NO2S/c1-4-5-6-7-8-9-10-11-12-21-19(3)17-23-22(21)26(24,25)20-15-13-18(2)14-16-20/h13-17,23H,4-12H2,1-3H3. The van der Waals surface area contributed by atoms with Crippen LogP contribution in [0.3, 0.4) is 0 Å². The van der Waals surface area contributed by atoms with Gasteiger partial charge in [-0.2, -0.15) is 0 Å². The summed E-state index contributed by atoms with van der Waals surface area (Å²) >= 11 is 0. The van der Waals surface area contributed by atoms with Crippen molar-refractivity contribution in [3.63, 3.8) is 0 Å². The molecule has 3 nitrogen and oxygen atoms in total. The van der Waals surface area contributed by atoms with Crippen LogP contribution in [-0.2, 0) is 16.3 Å². The molecule has 2 aromatic rings. The van der Waals surface area contributed by atoms with Crippen LogP contribution in [0.4, 0.5) is 0 Å². The Balaban J connectivity index is 1.97. The minimum Gasteiger partial charge on any atom is -0.352 e. The van der Waals surface area contributed by atoms with Crippen LogP contribution in [-0.4, -0.2) is 13.4 Å². The number of nitrogens with one attached hydrogen (secondary N) is 1. The minimum absolute atomic E-state index is 0.363. The van der Waals surface area contributed by atoms with Crippen LogP contribution in [0.2, 0.25) is 0 Å². The maximum absolute atomic E-state index is 13.0. The first-order valence-electron chi connectivity index (χ1n) is 9.95. The molecule has 0 fully saturated rings. The van der Waals surface area contributed by atoms with E-state index in [0.29, 0.717) is 9.92 Å². The summed E-state index contributed by atoms with van der Waals surface area (Å²) in [6, 6.07) is 7.09. The smallest absolute Gasteiger partial charge is 0.222 e. The summed E-state index contributed by atoms with van der Waals surface area (Å²) in [6.45, 7) is 6.19. The second kappa shape index (κ2) is 9.96. The van der Waals surface area contributed by atoms with Gasteiger partial charge < -0.3 is 4.98 Å². The lowest BCUT2D eigenvalue weighted by atomic mass is 10.0. The van der Waals surface area contributed by atoms with Crippen LogP contribution in [0.5, 0.6) is 0 Å². The molecule has 0 aliphatic heterocycles. The maximum Gasteiger partial charge on any atom is 0.222 e. The number of aryl methyl sites for hydroxylation is 2. The zero-order valence-electron chi connectivity index (χ0n) is 16.5. The lowest BCUT2D eigenvalue weighted by Crippen LogP contribution is -2.06. The van der Waals surface area contributed by atoms with Gasteiger partial charge in [0.15, 0.2) is 0 Å². The third-order valence-electron chi connectivity index (χ3n) is 5.05. The summed E-state index contributed by atoms with van der Waals surface area (Å²) in [6.07, 6.45) is 12.7. The number of benzene rings is 1. The number of sulfone groups is 1. The SMILES string of the molecule is CCCCCCCCCCc1c(C)c[nH]c1S(=O)(=O)c1ccc(C)cc1. The molecule has 144 valence electrons. The molecule has 0 saturated carbocycles. The third kappa shape index (κ3) is 5.47. The Hall–Kier alpha value is -1.55. The molecule has 1 heterocycles. The molecule has 4 heteroatoms.